The average Bonchev–Trinajstić information content (AvgIpc) is 3.78. The maximum atomic E-state index is 11.5. The van der Waals surface area contributed by atoms with Gasteiger partial charge in [-0.15, -0.1) is 34.0 Å². The summed E-state index contributed by atoms with van der Waals surface area (Å²) >= 11 is 5.22. The number of aliphatic carboxylic acids is 1. The number of nitriles is 1. The zero-order chi connectivity index (χ0) is 33.8. The summed E-state index contributed by atoms with van der Waals surface area (Å²) in [7, 11) is 0. The van der Waals surface area contributed by atoms with Gasteiger partial charge in [-0.3, -0.25) is 0 Å². The molecule has 7 rings (SSSR count). The predicted molar refractivity (Wildman–Crippen MR) is 201 cm³/mol. The number of thiophene rings is 3. The summed E-state index contributed by atoms with van der Waals surface area (Å²) in [6.45, 7) is 20.4. The Kier molecular flexibility index (Phi) is 8.41. The normalized spacial score (nSPS) is 14.2. The second-order valence-electron chi connectivity index (χ2n) is 15.2. The van der Waals surface area contributed by atoms with Crippen molar-refractivity contribution < 1.29 is 31.0 Å². The molecule has 4 heterocycles. The standard InChI is InChI=1S/C40H38N2O2S3.W/c1-21-14-32(33-19-29-35(46-33)34-28(40(29,8)9)18-25(45-34)15-22(20-41)37(43)44)47-36(21)42-30-12-10-23(38(2,3)4)16-26(30)27-17-24(39(5,6)7)11-13-31(27)42;/h10-19H,1-9H3,(H,43,44);/b22-15+;. The molecule has 1 aliphatic carbocycles. The molecule has 8 heteroatoms. The molecule has 0 bridgehead atoms. The second kappa shape index (κ2) is 11.7. The molecule has 2 aromatic carbocycles. The number of aryl methyl sites for hydroxylation is 1. The third kappa shape index (κ3) is 5.46. The Labute approximate surface area is 308 Å². The fourth-order valence-corrected chi connectivity index (χ4v) is 10.7. The van der Waals surface area contributed by atoms with Crippen LogP contribution >= 0.6 is 34.0 Å². The Hall–Kier alpha value is -3.27. The van der Waals surface area contributed by atoms with Crippen molar-refractivity contribution in [2.24, 2.45) is 0 Å². The maximum absolute atomic E-state index is 11.5. The second-order valence-corrected chi connectivity index (χ2v) is 18.4. The van der Waals surface area contributed by atoms with Gasteiger partial charge in [-0.1, -0.05) is 67.5 Å². The third-order valence-electron chi connectivity index (χ3n) is 9.51. The molecule has 0 amide bonds. The van der Waals surface area contributed by atoms with Gasteiger partial charge in [0, 0.05) is 61.6 Å². The van der Waals surface area contributed by atoms with Crippen molar-refractivity contribution in [1.82, 2.24) is 4.57 Å². The van der Waals surface area contributed by atoms with E-state index in [1.54, 1.807) is 11.3 Å². The Morgan fingerprint density at radius 3 is 1.85 bits per heavy atom. The van der Waals surface area contributed by atoms with Crippen LogP contribution in [-0.4, -0.2) is 15.6 Å². The van der Waals surface area contributed by atoms with Crippen LogP contribution in [0.4, 0.5) is 0 Å². The number of aromatic nitrogens is 1. The van der Waals surface area contributed by atoms with Gasteiger partial charge < -0.3 is 9.67 Å². The fourth-order valence-electron chi connectivity index (χ4n) is 6.68. The molecule has 1 aliphatic rings. The number of fused-ring (bicyclic) bond motifs is 6. The minimum absolute atomic E-state index is 0. The molecule has 0 aliphatic heterocycles. The number of benzene rings is 2. The fraction of sp³-hybridized carbons (Fsp3) is 0.300. The minimum Gasteiger partial charge on any atom is -0.477 e. The van der Waals surface area contributed by atoms with Crippen LogP contribution < -0.4 is 0 Å². The van der Waals surface area contributed by atoms with Crippen LogP contribution in [0.2, 0.25) is 0 Å². The molecule has 6 aromatic rings. The first-order valence-electron chi connectivity index (χ1n) is 15.8. The Bertz CT molecular complexity index is 2290. The van der Waals surface area contributed by atoms with Crippen LogP contribution in [0.3, 0.4) is 0 Å². The first kappa shape index (κ1) is 34.6. The van der Waals surface area contributed by atoms with Crippen LogP contribution in [0.1, 0.15) is 88.1 Å². The van der Waals surface area contributed by atoms with Gasteiger partial charge in [-0.05, 0) is 94.1 Å². The van der Waals surface area contributed by atoms with E-state index in [9.17, 15) is 15.2 Å². The molecule has 0 fully saturated rings. The van der Waals surface area contributed by atoms with Gasteiger partial charge in [0.15, 0.2) is 0 Å². The van der Waals surface area contributed by atoms with Crippen molar-refractivity contribution in [3.63, 3.8) is 0 Å². The van der Waals surface area contributed by atoms with Crippen LogP contribution in [-0.2, 0) is 42.1 Å². The number of rotatable bonds is 4. The maximum Gasteiger partial charge on any atom is 0.346 e. The SMILES string of the molecule is Cc1cc(-c2cc3c(s2)-c2sc(/C=C(\C#N)C(=O)O)cc2C3(C)C)sc1-n1c2ccc(C(C)(C)C)cc2c2cc(C(C)(C)C)ccc21.[W]. The van der Waals surface area contributed by atoms with Crippen molar-refractivity contribution in [3.05, 3.63) is 92.9 Å². The van der Waals surface area contributed by atoms with E-state index in [-0.39, 0.29) is 42.9 Å². The number of hydrogen-bond donors (Lipinski definition) is 1. The minimum atomic E-state index is -1.20. The van der Waals surface area contributed by atoms with Crippen molar-refractivity contribution in [1.29, 1.82) is 5.26 Å². The summed E-state index contributed by atoms with van der Waals surface area (Å²) in [5.41, 5.74) is 8.53. The molecule has 0 spiro atoms. The number of carboxylic acids is 1. The molecule has 48 heavy (non-hydrogen) atoms. The van der Waals surface area contributed by atoms with Crippen LogP contribution in [0.25, 0.3) is 52.4 Å². The van der Waals surface area contributed by atoms with Gasteiger partial charge in [0.25, 0.3) is 0 Å². The molecule has 1 N–H and O–H groups in total. The van der Waals surface area contributed by atoms with E-state index in [2.05, 4.69) is 121 Å². The monoisotopic (exact) mass is 858 g/mol. The predicted octanol–water partition coefficient (Wildman–Crippen LogP) is 11.8. The van der Waals surface area contributed by atoms with E-state index in [1.165, 1.54) is 80.2 Å². The number of carboxylic acid groups (broad SMARTS) is 1. The van der Waals surface area contributed by atoms with E-state index >= 15 is 0 Å². The van der Waals surface area contributed by atoms with Crippen LogP contribution in [0.15, 0.2) is 60.2 Å². The number of carbonyl (C=O) groups is 1. The molecule has 0 unspecified atom stereocenters. The summed E-state index contributed by atoms with van der Waals surface area (Å²) in [4.78, 5) is 17.2. The van der Waals surface area contributed by atoms with Crippen molar-refractivity contribution >= 4 is 67.9 Å². The van der Waals surface area contributed by atoms with E-state index in [0.717, 1.165) is 4.88 Å². The molecule has 4 aromatic heterocycles. The number of nitrogens with zero attached hydrogens (tertiary/aromatic N) is 2. The topological polar surface area (TPSA) is 66.0 Å². The number of hydrogen-bond acceptors (Lipinski definition) is 5. The molecular weight excluding hydrogens is 820 g/mol. The quantitative estimate of drug-likeness (QED) is 0.142. The van der Waals surface area contributed by atoms with E-state index in [0.29, 0.717) is 0 Å². The third-order valence-corrected chi connectivity index (χ3v) is 13.3. The largest absolute Gasteiger partial charge is 0.477 e. The molecule has 0 saturated heterocycles. The first-order chi connectivity index (χ1) is 22.0. The Balaban J connectivity index is 0.00000401. The zero-order valence-corrected chi connectivity index (χ0v) is 34.0. The van der Waals surface area contributed by atoms with Crippen molar-refractivity contribution in [2.45, 2.75) is 78.6 Å². The Morgan fingerprint density at radius 2 is 1.33 bits per heavy atom. The summed E-state index contributed by atoms with van der Waals surface area (Å²) in [5, 5.41) is 22.5. The van der Waals surface area contributed by atoms with Gasteiger partial charge in [0.1, 0.15) is 16.6 Å². The van der Waals surface area contributed by atoms with E-state index in [4.69, 9.17) is 0 Å². The molecule has 0 atom stereocenters. The van der Waals surface area contributed by atoms with E-state index in [1.807, 2.05) is 28.7 Å². The molecule has 0 saturated carbocycles. The van der Waals surface area contributed by atoms with Crippen molar-refractivity contribution in [2.75, 3.05) is 0 Å². The zero-order valence-electron chi connectivity index (χ0n) is 28.7. The Morgan fingerprint density at radius 1 is 0.812 bits per heavy atom. The van der Waals surface area contributed by atoms with Gasteiger partial charge in [-0.25, -0.2) is 4.79 Å². The summed E-state index contributed by atoms with van der Waals surface area (Å²) in [5.74, 6) is -1.20. The van der Waals surface area contributed by atoms with Crippen LogP contribution in [0, 0.1) is 18.3 Å². The molecular formula is C40H38N2O2S3W. The molecule has 244 valence electrons. The average molecular weight is 859 g/mol. The van der Waals surface area contributed by atoms with Gasteiger partial charge in [0.2, 0.25) is 0 Å². The molecule has 4 nitrogen and oxygen atoms in total. The van der Waals surface area contributed by atoms with Crippen LogP contribution in [0.5, 0.6) is 0 Å². The van der Waals surface area contributed by atoms with Gasteiger partial charge in [-0.2, -0.15) is 5.26 Å². The smallest absolute Gasteiger partial charge is 0.346 e. The summed E-state index contributed by atoms with van der Waals surface area (Å²) < 4.78 is 2.46. The van der Waals surface area contributed by atoms with E-state index < -0.39 is 5.97 Å². The van der Waals surface area contributed by atoms with Gasteiger partial charge >= 0.3 is 5.97 Å². The van der Waals surface area contributed by atoms with Crippen molar-refractivity contribution in [3.8, 4) is 30.6 Å². The van der Waals surface area contributed by atoms with Gasteiger partial charge in [0.05, 0.1) is 11.0 Å². The summed E-state index contributed by atoms with van der Waals surface area (Å²) in [6.07, 6.45) is 1.49. The molecule has 0 radical (unpaired) electrons. The first-order valence-corrected chi connectivity index (χ1v) is 18.3. The summed E-state index contributed by atoms with van der Waals surface area (Å²) in [6, 6.07) is 22.5.